The first-order valence-corrected chi connectivity index (χ1v) is 6.37. The van der Waals surface area contributed by atoms with Crippen LogP contribution in [-0.4, -0.2) is 5.11 Å². The molecule has 0 saturated carbocycles. The molecule has 0 aliphatic carbocycles. The average molecular weight is 267 g/mol. The number of hydrogen-bond donors (Lipinski definition) is 2. The van der Waals surface area contributed by atoms with Gasteiger partial charge in [-0.3, -0.25) is 0 Å². The molecular weight excluding hydrogens is 253 g/mol. The number of hydrogen-bond acceptors (Lipinski definition) is 2. The van der Waals surface area contributed by atoms with E-state index < -0.39 is 11.9 Å². The van der Waals surface area contributed by atoms with Crippen LogP contribution < -0.4 is 5.73 Å². The summed E-state index contributed by atoms with van der Waals surface area (Å²) in [5.74, 6) is -0.408. The van der Waals surface area contributed by atoms with Crippen LogP contribution in [0.3, 0.4) is 0 Å². The molecule has 0 saturated heterocycles. The van der Waals surface area contributed by atoms with E-state index in [1.165, 1.54) is 18.2 Å². The Hall–Kier alpha value is -2.39. The molecule has 0 fully saturated rings. The SMILES string of the molecule is Nc1ccc(F)cc1C(O)c1ccc2ccccc2c1. The van der Waals surface area contributed by atoms with Crippen LogP contribution in [0.15, 0.2) is 60.7 Å². The van der Waals surface area contributed by atoms with Crippen LogP contribution in [-0.2, 0) is 0 Å². The van der Waals surface area contributed by atoms with E-state index in [4.69, 9.17) is 5.73 Å². The topological polar surface area (TPSA) is 46.2 Å². The molecule has 20 heavy (non-hydrogen) atoms. The van der Waals surface area contributed by atoms with Gasteiger partial charge < -0.3 is 10.8 Å². The van der Waals surface area contributed by atoms with Gasteiger partial charge in [-0.1, -0.05) is 36.4 Å². The van der Waals surface area contributed by atoms with Gasteiger partial charge in [-0.05, 0) is 40.6 Å². The monoisotopic (exact) mass is 267 g/mol. The molecule has 3 aromatic carbocycles. The predicted molar refractivity (Wildman–Crippen MR) is 78.8 cm³/mol. The molecule has 1 atom stereocenters. The molecule has 0 heterocycles. The van der Waals surface area contributed by atoms with Crippen molar-refractivity contribution in [3.63, 3.8) is 0 Å². The first kappa shape index (κ1) is 12.6. The molecule has 3 aromatic rings. The number of aliphatic hydroxyl groups is 1. The maximum absolute atomic E-state index is 13.3. The lowest BCUT2D eigenvalue weighted by atomic mass is 9.97. The molecule has 2 nitrogen and oxygen atoms in total. The minimum absolute atomic E-state index is 0.382. The van der Waals surface area contributed by atoms with Gasteiger partial charge in [0, 0.05) is 11.3 Å². The summed E-state index contributed by atoms with van der Waals surface area (Å²) in [6.45, 7) is 0. The predicted octanol–water partition coefficient (Wildman–Crippen LogP) is 3.64. The number of anilines is 1. The maximum Gasteiger partial charge on any atom is 0.123 e. The van der Waals surface area contributed by atoms with Crippen molar-refractivity contribution in [2.45, 2.75) is 6.10 Å². The Labute approximate surface area is 116 Å². The van der Waals surface area contributed by atoms with Crippen LogP contribution >= 0.6 is 0 Å². The summed E-state index contributed by atoms with van der Waals surface area (Å²) in [4.78, 5) is 0. The van der Waals surface area contributed by atoms with Crippen LogP contribution in [0.1, 0.15) is 17.2 Å². The lowest BCUT2D eigenvalue weighted by molar-refractivity contribution is 0.220. The number of fused-ring (bicyclic) bond motifs is 1. The molecule has 0 bridgehead atoms. The van der Waals surface area contributed by atoms with Gasteiger partial charge in [0.2, 0.25) is 0 Å². The Morgan fingerprint density at radius 3 is 2.45 bits per heavy atom. The quantitative estimate of drug-likeness (QED) is 0.696. The fraction of sp³-hybridized carbons (Fsp3) is 0.0588. The van der Waals surface area contributed by atoms with Crippen LogP contribution in [0.2, 0.25) is 0 Å². The van der Waals surface area contributed by atoms with Gasteiger partial charge in [-0.25, -0.2) is 4.39 Å². The summed E-state index contributed by atoms with van der Waals surface area (Å²) in [6.07, 6.45) is -0.935. The van der Waals surface area contributed by atoms with Gasteiger partial charge in [0.1, 0.15) is 11.9 Å². The average Bonchev–Trinajstić information content (AvgIpc) is 2.48. The number of nitrogens with two attached hydrogens (primary N) is 1. The van der Waals surface area contributed by atoms with Crippen LogP contribution in [0.5, 0.6) is 0 Å². The highest BCUT2D eigenvalue weighted by Gasteiger charge is 2.14. The molecule has 1 unspecified atom stereocenters. The van der Waals surface area contributed by atoms with E-state index in [-0.39, 0.29) is 0 Å². The molecule has 3 heteroatoms. The Bertz CT molecular complexity index is 770. The molecule has 0 spiro atoms. The van der Waals surface area contributed by atoms with E-state index in [0.717, 1.165) is 10.8 Å². The van der Waals surface area contributed by atoms with Gasteiger partial charge in [-0.2, -0.15) is 0 Å². The van der Waals surface area contributed by atoms with E-state index in [1.54, 1.807) is 0 Å². The molecule has 0 radical (unpaired) electrons. The molecule has 0 aromatic heterocycles. The van der Waals surface area contributed by atoms with Gasteiger partial charge in [0.05, 0.1) is 0 Å². The highest BCUT2D eigenvalue weighted by molar-refractivity contribution is 5.83. The fourth-order valence-corrected chi connectivity index (χ4v) is 2.34. The van der Waals surface area contributed by atoms with Crippen molar-refractivity contribution >= 4 is 16.5 Å². The zero-order valence-electron chi connectivity index (χ0n) is 10.8. The summed E-state index contributed by atoms with van der Waals surface area (Å²) in [7, 11) is 0. The van der Waals surface area contributed by atoms with Gasteiger partial charge >= 0.3 is 0 Å². The van der Waals surface area contributed by atoms with E-state index in [0.29, 0.717) is 16.8 Å². The van der Waals surface area contributed by atoms with Crippen molar-refractivity contribution in [2.75, 3.05) is 5.73 Å². The molecular formula is C17H14FNO. The van der Waals surface area contributed by atoms with Crippen molar-refractivity contribution < 1.29 is 9.50 Å². The van der Waals surface area contributed by atoms with Crippen LogP contribution in [0.4, 0.5) is 10.1 Å². The van der Waals surface area contributed by atoms with Crippen molar-refractivity contribution in [1.29, 1.82) is 0 Å². The minimum atomic E-state index is -0.935. The lowest BCUT2D eigenvalue weighted by Gasteiger charge is -2.14. The van der Waals surface area contributed by atoms with E-state index in [2.05, 4.69) is 0 Å². The molecule has 100 valence electrons. The Morgan fingerprint density at radius 1 is 0.900 bits per heavy atom. The van der Waals surface area contributed by atoms with E-state index in [9.17, 15) is 9.50 Å². The maximum atomic E-state index is 13.3. The molecule has 0 aliphatic heterocycles. The van der Waals surface area contributed by atoms with Crippen LogP contribution in [0, 0.1) is 5.82 Å². The molecule has 3 N–H and O–H groups in total. The highest BCUT2D eigenvalue weighted by Crippen LogP contribution is 2.29. The van der Waals surface area contributed by atoms with E-state index in [1.807, 2.05) is 42.5 Å². The first-order valence-electron chi connectivity index (χ1n) is 6.37. The summed E-state index contributed by atoms with van der Waals surface area (Å²) < 4.78 is 13.3. The third-order valence-electron chi connectivity index (χ3n) is 3.43. The van der Waals surface area contributed by atoms with Crippen molar-refractivity contribution in [2.24, 2.45) is 0 Å². The van der Waals surface area contributed by atoms with Crippen molar-refractivity contribution in [1.82, 2.24) is 0 Å². The largest absolute Gasteiger partial charge is 0.398 e. The molecule has 0 aliphatic rings. The third-order valence-corrected chi connectivity index (χ3v) is 3.43. The number of rotatable bonds is 2. The second-order valence-electron chi connectivity index (χ2n) is 4.78. The molecule has 3 rings (SSSR count). The Morgan fingerprint density at radius 2 is 1.65 bits per heavy atom. The van der Waals surface area contributed by atoms with Gasteiger partial charge in [-0.15, -0.1) is 0 Å². The highest BCUT2D eigenvalue weighted by atomic mass is 19.1. The third kappa shape index (κ3) is 2.24. The summed E-state index contributed by atoms with van der Waals surface area (Å²) >= 11 is 0. The summed E-state index contributed by atoms with van der Waals surface area (Å²) in [5, 5.41) is 12.5. The van der Waals surface area contributed by atoms with Crippen LogP contribution in [0.25, 0.3) is 10.8 Å². The first-order chi connectivity index (χ1) is 9.65. The number of aliphatic hydroxyl groups excluding tert-OH is 1. The summed E-state index contributed by atoms with van der Waals surface area (Å²) in [6, 6.07) is 17.6. The normalized spacial score (nSPS) is 12.5. The number of halogens is 1. The minimum Gasteiger partial charge on any atom is -0.398 e. The standard InChI is InChI=1S/C17H14FNO/c18-14-7-8-16(19)15(10-14)17(20)13-6-5-11-3-1-2-4-12(11)9-13/h1-10,17,20H,19H2. The zero-order valence-corrected chi connectivity index (χ0v) is 10.8. The van der Waals surface area contributed by atoms with Gasteiger partial charge in [0.15, 0.2) is 0 Å². The fourth-order valence-electron chi connectivity index (χ4n) is 2.34. The number of nitrogen functional groups attached to an aromatic ring is 1. The Kier molecular flexibility index (Phi) is 3.12. The van der Waals surface area contributed by atoms with E-state index >= 15 is 0 Å². The van der Waals surface area contributed by atoms with Crippen molar-refractivity contribution in [3.8, 4) is 0 Å². The van der Waals surface area contributed by atoms with Crippen molar-refractivity contribution in [3.05, 3.63) is 77.6 Å². The van der Waals surface area contributed by atoms with Gasteiger partial charge in [0.25, 0.3) is 0 Å². The Balaban J connectivity index is 2.07. The number of benzene rings is 3. The second-order valence-corrected chi connectivity index (χ2v) is 4.78. The second kappa shape index (κ2) is 4.94. The lowest BCUT2D eigenvalue weighted by Crippen LogP contribution is -2.04. The zero-order chi connectivity index (χ0) is 14.1. The molecule has 0 amide bonds. The smallest absolute Gasteiger partial charge is 0.123 e. The summed E-state index contributed by atoms with van der Waals surface area (Å²) in [5.41, 5.74) is 7.28.